The van der Waals surface area contributed by atoms with Gasteiger partial charge in [-0.05, 0) is 30.7 Å². The summed E-state index contributed by atoms with van der Waals surface area (Å²) in [6.45, 7) is 3.99. The van der Waals surface area contributed by atoms with Gasteiger partial charge in [-0.15, -0.1) is 0 Å². The molecule has 3 heterocycles. The van der Waals surface area contributed by atoms with Crippen LogP contribution in [0.4, 0.5) is 0 Å². The van der Waals surface area contributed by atoms with Crippen molar-refractivity contribution in [3.05, 3.63) is 65.0 Å². The van der Waals surface area contributed by atoms with Crippen LogP contribution in [0.1, 0.15) is 31.5 Å². The fourth-order valence-electron chi connectivity index (χ4n) is 3.82. The summed E-state index contributed by atoms with van der Waals surface area (Å²) in [5.41, 5.74) is 1.78. The number of carbonyl (C=O) groups is 1. The molecule has 1 aromatic carbocycles. The van der Waals surface area contributed by atoms with E-state index in [0.29, 0.717) is 30.4 Å². The number of rotatable bonds is 4. The largest absolute Gasteiger partial charge is 0.348 e. The van der Waals surface area contributed by atoms with Gasteiger partial charge in [0.25, 0.3) is 5.56 Å². The number of hydrogen-bond acceptors (Lipinski definition) is 3. The average Bonchev–Trinajstić information content (AvgIpc) is 3.15. The van der Waals surface area contributed by atoms with Crippen molar-refractivity contribution in [2.75, 3.05) is 6.54 Å². The fourth-order valence-corrected chi connectivity index (χ4v) is 3.82. The van der Waals surface area contributed by atoms with E-state index in [9.17, 15) is 9.59 Å². The monoisotopic (exact) mass is 350 g/mol. The van der Waals surface area contributed by atoms with Crippen molar-refractivity contribution in [2.24, 2.45) is 0 Å². The average molecular weight is 350 g/mol. The Kier molecular flexibility index (Phi) is 4.32. The lowest BCUT2D eigenvalue weighted by atomic mass is 10.1. The third-order valence-electron chi connectivity index (χ3n) is 5.17. The molecule has 26 heavy (non-hydrogen) atoms. The van der Waals surface area contributed by atoms with Gasteiger partial charge in [0.1, 0.15) is 0 Å². The molecule has 0 fully saturated rings. The quantitative estimate of drug-likeness (QED) is 0.727. The zero-order chi connectivity index (χ0) is 18.1. The Morgan fingerprint density at radius 3 is 2.88 bits per heavy atom. The van der Waals surface area contributed by atoms with Gasteiger partial charge in [-0.3, -0.25) is 14.2 Å². The van der Waals surface area contributed by atoms with E-state index in [1.54, 1.807) is 6.07 Å². The van der Waals surface area contributed by atoms with Crippen molar-refractivity contribution >= 4 is 16.8 Å². The predicted molar refractivity (Wildman–Crippen MR) is 99.8 cm³/mol. The van der Waals surface area contributed by atoms with Crippen molar-refractivity contribution in [1.82, 2.24) is 19.0 Å². The van der Waals surface area contributed by atoms with Crippen LogP contribution < -0.4 is 5.56 Å². The van der Waals surface area contributed by atoms with Gasteiger partial charge in [-0.2, -0.15) is 0 Å². The van der Waals surface area contributed by atoms with Gasteiger partial charge in [-0.1, -0.05) is 19.1 Å². The standard InChI is InChI=1S/C20H22N4O2/c1-2-17-18-8-5-10-22(18)12-13-24(17)19(25)9-11-23-14-21-16-7-4-3-6-15(16)20(23)26/h3-8,10,14,17H,2,9,11-13H2,1H3/t17-/m1/s1. The van der Waals surface area contributed by atoms with E-state index >= 15 is 0 Å². The van der Waals surface area contributed by atoms with Gasteiger partial charge in [-0.25, -0.2) is 4.98 Å². The van der Waals surface area contributed by atoms with Gasteiger partial charge in [0.2, 0.25) is 5.91 Å². The van der Waals surface area contributed by atoms with Gasteiger partial charge in [0.15, 0.2) is 0 Å². The minimum absolute atomic E-state index is 0.0874. The number of benzene rings is 1. The highest BCUT2D eigenvalue weighted by Gasteiger charge is 2.29. The van der Waals surface area contributed by atoms with Crippen LogP contribution >= 0.6 is 0 Å². The Morgan fingerprint density at radius 1 is 1.19 bits per heavy atom. The van der Waals surface area contributed by atoms with Crippen molar-refractivity contribution in [3.8, 4) is 0 Å². The Labute approximate surface area is 151 Å². The number of fused-ring (bicyclic) bond motifs is 2. The van der Waals surface area contributed by atoms with E-state index in [-0.39, 0.29) is 17.5 Å². The normalized spacial score (nSPS) is 16.7. The van der Waals surface area contributed by atoms with E-state index < -0.39 is 0 Å². The highest BCUT2D eigenvalue weighted by Crippen LogP contribution is 2.29. The molecule has 1 aliphatic rings. The molecule has 6 heteroatoms. The summed E-state index contributed by atoms with van der Waals surface area (Å²) >= 11 is 0. The molecule has 0 aliphatic carbocycles. The van der Waals surface area contributed by atoms with Crippen LogP contribution in [0.2, 0.25) is 0 Å². The first-order valence-corrected chi connectivity index (χ1v) is 9.07. The predicted octanol–water partition coefficient (Wildman–Crippen LogP) is 2.58. The zero-order valence-corrected chi connectivity index (χ0v) is 14.8. The molecule has 0 spiro atoms. The Balaban J connectivity index is 1.51. The summed E-state index contributed by atoms with van der Waals surface area (Å²) in [7, 11) is 0. The molecule has 4 rings (SSSR count). The summed E-state index contributed by atoms with van der Waals surface area (Å²) in [6, 6.07) is 11.5. The summed E-state index contributed by atoms with van der Waals surface area (Å²) in [5.74, 6) is 0.0874. The van der Waals surface area contributed by atoms with Crippen LogP contribution in [-0.2, 0) is 17.9 Å². The van der Waals surface area contributed by atoms with Crippen LogP contribution in [0.25, 0.3) is 10.9 Å². The second kappa shape index (κ2) is 6.78. The third-order valence-corrected chi connectivity index (χ3v) is 5.17. The zero-order valence-electron chi connectivity index (χ0n) is 14.8. The lowest BCUT2D eigenvalue weighted by Crippen LogP contribution is -2.42. The summed E-state index contributed by atoms with van der Waals surface area (Å²) < 4.78 is 3.75. The van der Waals surface area contributed by atoms with Gasteiger partial charge < -0.3 is 9.47 Å². The number of hydrogen-bond donors (Lipinski definition) is 0. The van der Waals surface area contributed by atoms with Crippen LogP contribution in [-0.4, -0.2) is 31.5 Å². The van der Waals surface area contributed by atoms with Gasteiger partial charge in [0, 0.05) is 37.9 Å². The summed E-state index contributed by atoms with van der Waals surface area (Å²) in [4.78, 5) is 31.7. The molecule has 2 aromatic heterocycles. The fraction of sp³-hybridized carbons (Fsp3) is 0.350. The van der Waals surface area contributed by atoms with E-state index in [0.717, 1.165) is 13.0 Å². The highest BCUT2D eigenvalue weighted by molar-refractivity contribution is 5.78. The number of carbonyl (C=O) groups excluding carboxylic acids is 1. The Hall–Kier alpha value is -2.89. The van der Waals surface area contributed by atoms with Crippen LogP contribution in [0.15, 0.2) is 53.7 Å². The minimum atomic E-state index is -0.0945. The van der Waals surface area contributed by atoms with Crippen LogP contribution in [0.5, 0.6) is 0 Å². The maximum atomic E-state index is 12.8. The number of aryl methyl sites for hydroxylation is 1. The molecule has 0 radical (unpaired) electrons. The number of para-hydroxylation sites is 1. The summed E-state index contributed by atoms with van der Waals surface area (Å²) in [6.07, 6.45) is 4.79. The number of aromatic nitrogens is 3. The molecule has 6 nitrogen and oxygen atoms in total. The number of amides is 1. The molecular formula is C20H22N4O2. The molecule has 0 saturated heterocycles. The van der Waals surface area contributed by atoms with E-state index in [1.807, 2.05) is 29.2 Å². The van der Waals surface area contributed by atoms with E-state index in [2.05, 4.69) is 28.7 Å². The molecular weight excluding hydrogens is 328 g/mol. The first-order valence-electron chi connectivity index (χ1n) is 9.07. The van der Waals surface area contributed by atoms with Crippen LogP contribution in [0.3, 0.4) is 0 Å². The summed E-state index contributed by atoms with van der Waals surface area (Å²) in [5, 5.41) is 0.588. The van der Waals surface area contributed by atoms with Gasteiger partial charge in [0.05, 0.1) is 23.3 Å². The first-order chi connectivity index (χ1) is 12.7. The molecule has 1 amide bonds. The van der Waals surface area contributed by atoms with Crippen molar-refractivity contribution < 1.29 is 4.79 Å². The first kappa shape index (κ1) is 16.6. The van der Waals surface area contributed by atoms with E-state index in [1.165, 1.54) is 16.6 Å². The molecule has 134 valence electrons. The maximum absolute atomic E-state index is 12.8. The molecule has 1 aliphatic heterocycles. The second-order valence-corrected chi connectivity index (χ2v) is 6.65. The lowest BCUT2D eigenvalue weighted by molar-refractivity contribution is -0.135. The van der Waals surface area contributed by atoms with Crippen molar-refractivity contribution in [3.63, 3.8) is 0 Å². The molecule has 1 atom stereocenters. The molecule has 0 unspecified atom stereocenters. The maximum Gasteiger partial charge on any atom is 0.261 e. The molecule has 0 saturated carbocycles. The second-order valence-electron chi connectivity index (χ2n) is 6.65. The minimum Gasteiger partial charge on any atom is -0.348 e. The van der Waals surface area contributed by atoms with Gasteiger partial charge >= 0.3 is 0 Å². The van der Waals surface area contributed by atoms with Crippen molar-refractivity contribution in [2.45, 2.75) is 38.9 Å². The van der Waals surface area contributed by atoms with E-state index in [4.69, 9.17) is 0 Å². The lowest BCUT2D eigenvalue weighted by Gasteiger charge is -2.36. The Bertz CT molecular complexity index is 1000. The third kappa shape index (κ3) is 2.81. The molecule has 0 N–H and O–H groups in total. The highest BCUT2D eigenvalue weighted by atomic mass is 16.2. The number of nitrogens with zero attached hydrogens (tertiary/aromatic N) is 4. The smallest absolute Gasteiger partial charge is 0.261 e. The topological polar surface area (TPSA) is 60.1 Å². The van der Waals surface area contributed by atoms with Crippen molar-refractivity contribution in [1.29, 1.82) is 0 Å². The molecule has 3 aromatic rings. The van der Waals surface area contributed by atoms with Crippen LogP contribution in [0, 0.1) is 0 Å². The molecule has 0 bridgehead atoms. The Morgan fingerprint density at radius 2 is 2.04 bits per heavy atom. The SMILES string of the molecule is CC[C@@H]1c2cccn2CCN1C(=O)CCn1cnc2ccccc2c1=O.